The van der Waals surface area contributed by atoms with Crippen LogP contribution in [0.1, 0.15) is 18.1 Å². The van der Waals surface area contributed by atoms with E-state index in [0.717, 1.165) is 11.1 Å². The van der Waals surface area contributed by atoms with Crippen LogP contribution in [0.15, 0.2) is 42.7 Å². The number of nitrogens with two attached hydrogens (primary N) is 1. The van der Waals surface area contributed by atoms with Crippen LogP contribution in [0.5, 0.6) is 0 Å². The fourth-order valence-electron chi connectivity index (χ4n) is 1.92. The first-order valence-corrected chi connectivity index (χ1v) is 6.72. The number of aromatic nitrogens is 2. The van der Waals surface area contributed by atoms with Crippen molar-refractivity contribution in [2.45, 2.75) is 20.0 Å². The fourth-order valence-corrected chi connectivity index (χ4v) is 1.92. The van der Waals surface area contributed by atoms with Gasteiger partial charge in [-0.15, -0.1) is 12.4 Å². The number of nitrogens with zero attached hydrogens (tertiary/aromatic N) is 2. The molecule has 2 rings (SSSR count). The van der Waals surface area contributed by atoms with Crippen molar-refractivity contribution in [3.8, 4) is 0 Å². The van der Waals surface area contributed by atoms with Crippen molar-refractivity contribution in [2.75, 3.05) is 6.54 Å². The second-order valence-electron chi connectivity index (χ2n) is 4.83. The highest BCUT2D eigenvalue weighted by atomic mass is 35.5. The predicted molar refractivity (Wildman–Crippen MR) is 85.1 cm³/mol. The third-order valence-electron chi connectivity index (χ3n) is 3.26. The lowest BCUT2D eigenvalue weighted by atomic mass is 10.1. The van der Waals surface area contributed by atoms with Gasteiger partial charge in [0.2, 0.25) is 5.91 Å². The lowest BCUT2D eigenvalue weighted by Gasteiger charge is -2.13. The highest BCUT2D eigenvalue weighted by molar-refractivity contribution is 5.85. The topological polar surface area (TPSA) is 72.9 Å². The second kappa shape index (κ2) is 8.44. The van der Waals surface area contributed by atoms with E-state index in [4.69, 9.17) is 5.73 Å². The Morgan fingerprint density at radius 2 is 2.05 bits per heavy atom. The van der Waals surface area contributed by atoms with Gasteiger partial charge in [0.25, 0.3) is 0 Å². The summed E-state index contributed by atoms with van der Waals surface area (Å²) < 4.78 is 1.86. The zero-order chi connectivity index (χ0) is 14.4. The van der Waals surface area contributed by atoms with Crippen molar-refractivity contribution in [3.05, 3.63) is 53.9 Å². The van der Waals surface area contributed by atoms with E-state index in [1.54, 1.807) is 6.20 Å². The maximum absolute atomic E-state index is 11.8. The molecule has 1 heterocycles. The molecule has 5 nitrogen and oxygen atoms in total. The van der Waals surface area contributed by atoms with E-state index >= 15 is 0 Å². The van der Waals surface area contributed by atoms with Crippen molar-refractivity contribution >= 4 is 18.3 Å². The Morgan fingerprint density at radius 3 is 2.67 bits per heavy atom. The van der Waals surface area contributed by atoms with Gasteiger partial charge in [-0.2, -0.15) is 5.10 Å². The zero-order valence-electron chi connectivity index (χ0n) is 12.0. The largest absolute Gasteiger partial charge is 0.352 e. The first-order valence-electron chi connectivity index (χ1n) is 6.72. The van der Waals surface area contributed by atoms with Gasteiger partial charge < -0.3 is 11.1 Å². The van der Waals surface area contributed by atoms with Crippen molar-refractivity contribution in [1.29, 1.82) is 0 Å². The Balaban J connectivity index is 0.00000220. The molecule has 1 atom stereocenters. The number of hydrogen-bond donors (Lipinski definition) is 2. The minimum absolute atomic E-state index is 0. The summed E-state index contributed by atoms with van der Waals surface area (Å²) >= 11 is 0. The molecule has 0 saturated carbocycles. The van der Waals surface area contributed by atoms with E-state index in [1.165, 1.54) is 0 Å². The molecule has 21 heavy (non-hydrogen) atoms. The van der Waals surface area contributed by atoms with Crippen LogP contribution in [-0.2, 0) is 17.9 Å². The van der Waals surface area contributed by atoms with Crippen LogP contribution in [0, 0.1) is 5.92 Å². The summed E-state index contributed by atoms with van der Waals surface area (Å²) in [4.78, 5) is 11.8. The van der Waals surface area contributed by atoms with Crippen LogP contribution in [0.3, 0.4) is 0 Å². The molecule has 0 spiro atoms. The van der Waals surface area contributed by atoms with E-state index in [-0.39, 0.29) is 24.2 Å². The monoisotopic (exact) mass is 308 g/mol. The van der Waals surface area contributed by atoms with Crippen LogP contribution in [0.4, 0.5) is 0 Å². The number of amides is 1. The molecule has 3 N–H and O–H groups in total. The molecule has 1 aromatic carbocycles. The van der Waals surface area contributed by atoms with E-state index in [9.17, 15) is 4.79 Å². The van der Waals surface area contributed by atoms with E-state index in [0.29, 0.717) is 19.6 Å². The van der Waals surface area contributed by atoms with Crippen molar-refractivity contribution < 1.29 is 4.79 Å². The fraction of sp³-hybridized carbons (Fsp3) is 0.333. The maximum atomic E-state index is 11.8. The summed E-state index contributed by atoms with van der Waals surface area (Å²) in [5.74, 6) is -0.172. The lowest BCUT2D eigenvalue weighted by molar-refractivity contribution is -0.124. The molecule has 2 aromatic rings. The summed E-state index contributed by atoms with van der Waals surface area (Å²) in [5, 5.41) is 7.12. The summed E-state index contributed by atoms with van der Waals surface area (Å²) in [5.41, 5.74) is 7.74. The highest BCUT2D eigenvalue weighted by Crippen LogP contribution is 2.10. The van der Waals surface area contributed by atoms with Gasteiger partial charge in [-0.25, -0.2) is 0 Å². The number of nitrogens with one attached hydrogen (secondary N) is 1. The number of carbonyl (C=O) groups is 1. The number of benzene rings is 1. The van der Waals surface area contributed by atoms with Gasteiger partial charge in [-0.05, 0) is 17.2 Å². The second-order valence-corrected chi connectivity index (χ2v) is 4.83. The maximum Gasteiger partial charge on any atom is 0.224 e. The van der Waals surface area contributed by atoms with Crippen LogP contribution in [0.2, 0.25) is 0 Å². The van der Waals surface area contributed by atoms with Crippen LogP contribution in [-0.4, -0.2) is 22.2 Å². The van der Waals surface area contributed by atoms with Gasteiger partial charge in [0.15, 0.2) is 0 Å². The van der Waals surface area contributed by atoms with Crippen LogP contribution in [0.25, 0.3) is 0 Å². The SMILES string of the molecule is CC(CN)C(=O)NCc1ccccc1Cn1cccn1.Cl. The average Bonchev–Trinajstić information content (AvgIpc) is 2.98. The Hall–Kier alpha value is -1.85. The molecule has 1 aromatic heterocycles. The molecule has 0 saturated heterocycles. The van der Waals surface area contributed by atoms with E-state index in [2.05, 4.69) is 16.5 Å². The van der Waals surface area contributed by atoms with Crippen LogP contribution >= 0.6 is 12.4 Å². The van der Waals surface area contributed by atoms with Gasteiger partial charge in [-0.3, -0.25) is 9.48 Å². The first kappa shape index (κ1) is 17.2. The molecule has 1 unspecified atom stereocenters. The molecule has 0 bridgehead atoms. The summed E-state index contributed by atoms with van der Waals surface area (Å²) in [6.45, 7) is 3.40. The molecule has 0 aliphatic carbocycles. The number of hydrogen-bond acceptors (Lipinski definition) is 3. The third-order valence-corrected chi connectivity index (χ3v) is 3.26. The Kier molecular flexibility index (Phi) is 6.91. The van der Waals surface area contributed by atoms with E-state index < -0.39 is 0 Å². The Morgan fingerprint density at radius 1 is 1.33 bits per heavy atom. The Labute approximate surface area is 130 Å². The molecule has 0 fully saturated rings. The van der Waals surface area contributed by atoms with Crippen molar-refractivity contribution in [3.63, 3.8) is 0 Å². The van der Waals surface area contributed by atoms with Gasteiger partial charge in [0.05, 0.1) is 6.54 Å². The highest BCUT2D eigenvalue weighted by Gasteiger charge is 2.11. The normalized spacial score (nSPS) is 11.5. The third kappa shape index (κ3) is 4.88. The molecule has 0 aliphatic rings. The van der Waals surface area contributed by atoms with E-state index in [1.807, 2.05) is 42.1 Å². The predicted octanol–water partition coefficient (Wildman–Crippen LogP) is 1.56. The minimum Gasteiger partial charge on any atom is -0.352 e. The smallest absolute Gasteiger partial charge is 0.224 e. The number of halogens is 1. The van der Waals surface area contributed by atoms with Gasteiger partial charge in [-0.1, -0.05) is 31.2 Å². The summed E-state index contributed by atoms with van der Waals surface area (Å²) in [6, 6.07) is 9.93. The molecule has 6 heteroatoms. The lowest BCUT2D eigenvalue weighted by Crippen LogP contribution is -2.33. The van der Waals surface area contributed by atoms with Crippen molar-refractivity contribution in [1.82, 2.24) is 15.1 Å². The minimum atomic E-state index is -0.159. The molecule has 0 aliphatic heterocycles. The molecule has 114 valence electrons. The Bertz CT molecular complexity index is 557. The molecular weight excluding hydrogens is 288 g/mol. The molecule has 1 amide bonds. The summed E-state index contributed by atoms with van der Waals surface area (Å²) in [6.07, 6.45) is 3.68. The first-order chi connectivity index (χ1) is 9.70. The molecular formula is C15H21ClN4O. The molecule has 0 radical (unpaired) electrons. The number of rotatable bonds is 6. The van der Waals surface area contributed by atoms with Crippen molar-refractivity contribution in [2.24, 2.45) is 11.7 Å². The standard InChI is InChI=1S/C15H20N4O.ClH/c1-12(9-16)15(20)17-10-13-5-2-3-6-14(13)11-19-8-4-7-18-19;/h2-8,12H,9-11,16H2,1H3,(H,17,20);1H. The van der Waals surface area contributed by atoms with Gasteiger partial charge in [0, 0.05) is 31.4 Å². The van der Waals surface area contributed by atoms with Crippen LogP contribution < -0.4 is 11.1 Å². The summed E-state index contributed by atoms with van der Waals surface area (Å²) in [7, 11) is 0. The number of carbonyl (C=O) groups excluding carboxylic acids is 1. The van der Waals surface area contributed by atoms with Gasteiger partial charge >= 0.3 is 0 Å². The quantitative estimate of drug-likeness (QED) is 0.850. The average molecular weight is 309 g/mol. The zero-order valence-corrected chi connectivity index (χ0v) is 12.8. The van der Waals surface area contributed by atoms with Gasteiger partial charge in [0.1, 0.15) is 0 Å².